The van der Waals surface area contributed by atoms with Crippen LogP contribution in [0.15, 0.2) is 0 Å². The lowest BCUT2D eigenvalue weighted by Crippen LogP contribution is -2.39. The summed E-state index contributed by atoms with van der Waals surface area (Å²) in [7, 11) is 6.68. The van der Waals surface area contributed by atoms with Crippen LogP contribution in [0.2, 0.25) is 0 Å². The first-order valence-corrected chi connectivity index (χ1v) is 12.9. The molecule has 0 spiro atoms. The molecule has 5 heteroatoms. The van der Waals surface area contributed by atoms with Gasteiger partial charge in [0.15, 0.2) is 0 Å². The van der Waals surface area contributed by atoms with Gasteiger partial charge in [0.05, 0.1) is 0 Å². The summed E-state index contributed by atoms with van der Waals surface area (Å²) in [6.45, 7) is 8.73. The Kier molecular flexibility index (Phi) is 16.4. The van der Waals surface area contributed by atoms with Crippen molar-refractivity contribution in [3.8, 4) is 0 Å². The summed E-state index contributed by atoms with van der Waals surface area (Å²) in [5, 5.41) is 3.18. The number of unbranched alkanes of at least 4 members (excludes halogenated alkanes) is 6. The molecule has 0 aromatic carbocycles. The van der Waals surface area contributed by atoms with E-state index in [0.717, 1.165) is 45.6 Å². The Bertz CT molecular complexity index is 418. The molecule has 0 aromatic rings. The Morgan fingerprint density at radius 1 is 0.767 bits per heavy atom. The first kappa shape index (κ1) is 27.4. The van der Waals surface area contributed by atoms with Gasteiger partial charge in [0.1, 0.15) is 0 Å². The predicted octanol–water partition coefficient (Wildman–Crippen LogP) is 4.37. The van der Waals surface area contributed by atoms with Crippen molar-refractivity contribution in [2.24, 2.45) is 0 Å². The Hall–Kier alpha value is -0.650. The highest BCUT2D eigenvalue weighted by Gasteiger charge is 2.18. The van der Waals surface area contributed by atoms with Gasteiger partial charge in [-0.2, -0.15) is 0 Å². The number of carbonyl (C=O) groups is 1. The van der Waals surface area contributed by atoms with E-state index in [0.29, 0.717) is 12.5 Å². The highest BCUT2D eigenvalue weighted by molar-refractivity contribution is 5.76. The maximum absolute atomic E-state index is 12.6. The van der Waals surface area contributed by atoms with Gasteiger partial charge in [-0.25, -0.2) is 0 Å². The zero-order valence-electron chi connectivity index (χ0n) is 20.8. The lowest BCUT2D eigenvalue weighted by Gasteiger charge is -2.28. The van der Waals surface area contributed by atoms with Gasteiger partial charge < -0.3 is 20.0 Å². The summed E-state index contributed by atoms with van der Waals surface area (Å²) in [5.41, 5.74) is 0. The minimum Gasteiger partial charge on any atom is -0.356 e. The third-order valence-electron chi connectivity index (χ3n) is 6.60. The predicted molar refractivity (Wildman–Crippen MR) is 130 cm³/mol. The largest absolute Gasteiger partial charge is 0.356 e. The molecular formula is C25H52N4O. The number of amides is 1. The average molecular weight is 425 g/mol. The van der Waals surface area contributed by atoms with E-state index in [-0.39, 0.29) is 5.91 Å². The van der Waals surface area contributed by atoms with Crippen LogP contribution in [0.5, 0.6) is 0 Å². The minimum atomic E-state index is 0.235. The van der Waals surface area contributed by atoms with Gasteiger partial charge in [-0.3, -0.25) is 4.79 Å². The molecule has 1 fully saturated rings. The molecule has 0 radical (unpaired) electrons. The van der Waals surface area contributed by atoms with Gasteiger partial charge in [-0.05, 0) is 86.0 Å². The lowest BCUT2D eigenvalue weighted by atomic mass is 10.0. The van der Waals surface area contributed by atoms with E-state index in [4.69, 9.17) is 0 Å². The fourth-order valence-corrected chi connectivity index (χ4v) is 4.44. The van der Waals surface area contributed by atoms with Crippen molar-refractivity contribution in [2.45, 2.75) is 96.4 Å². The zero-order valence-corrected chi connectivity index (χ0v) is 20.8. The summed E-state index contributed by atoms with van der Waals surface area (Å²) >= 11 is 0. The van der Waals surface area contributed by atoms with Crippen molar-refractivity contribution in [3.63, 3.8) is 0 Å². The summed E-state index contributed by atoms with van der Waals surface area (Å²) in [5.74, 6) is 0.235. The smallest absolute Gasteiger partial charge is 0.221 e. The van der Waals surface area contributed by atoms with Crippen molar-refractivity contribution >= 4 is 5.91 Å². The van der Waals surface area contributed by atoms with E-state index in [2.05, 4.69) is 48.1 Å². The van der Waals surface area contributed by atoms with Gasteiger partial charge in [-0.15, -0.1) is 0 Å². The minimum absolute atomic E-state index is 0.235. The van der Waals surface area contributed by atoms with E-state index >= 15 is 0 Å². The van der Waals surface area contributed by atoms with Crippen LogP contribution in [0.3, 0.4) is 0 Å². The zero-order chi connectivity index (χ0) is 22.0. The number of rotatable bonds is 8. The molecule has 1 aliphatic heterocycles. The maximum Gasteiger partial charge on any atom is 0.221 e. The molecule has 30 heavy (non-hydrogen) atoms. The SMILES string of the molecule is CCCCCCCCC[C@@H]1CC(=O)NCCCN(C)CCCCN(C)CCCN1C. The number of nitrogens with one attached hydrogen (secondary N) is 1. The standard InChI is InChI=1S/C25H52N4O/c1-5-6-7-8-9-10-11-16-24-23-25(30)26-17-14-20-27(2)18-12-13-19-28(3)21-15-22-29(24)4/h24H,5-23H2,1-4H3,(H,26,30)/t24-/m1/s1. The topological polar surface area (TPSA) is 38.8 Å². The van der Waals surface area contributed by atoms with E-state index in [1.54, 1.807) is 0 Å². The molecule has 1 aliphatic rings. The van der Waals surface area contributed by atoms with Crippen LogP contribution in [-0.4, -0.2) is 87.1 Å². The quantitative estimate of drug-likeness (QED) is 0.587. The summed E-state index contributed by atoms with van der Waals surface area (Å²) in [6, 6.07) is 0.379. The fraction of sp³-hybridized carbons (Fsp3) is 0.960. The Labute approximate surface area is 187 Å². The molecule has 0 saturated carbocycles. The average Bonchev–Trinajstić information content (AvgIpc) is 2.72. The van der Waals surface area contributed by atoms with Crippen LogP contribution < -0.4 is 5.32 Å². The number of nitrogens with zero attached hydrogens (tertiary/aromatic N) is 3. The third-order valence-corrected chi connectivity index (χ3v) is 6.60. The molecule has 0 bridgehead atoms. The van der Waals surface area contributed by atoms with E-state index in [1.165, 1.54) is 70.8 Å². The molecule has 1 amide bonds. The van der Waals surface area contributed by atoms with Gasteiger partial charge in [-0.1, -0.05) is 51.9 Å². The molecule has 1 N–H and O–H groups in total. The van der Waals surface area contributed by atoms with E-state index in [9.17, 15) is 4.79 Å². The Balaban J connectivity index is 2.49. The molecule has 1 heterocycles. The maximum atomic E-state index is 12.6. The van der Waals surface area contributed by atoms with Crippen LogP contribution in [0.25, 0.3) is 0 Å². The van der Waals surface area contributed by atoms with Crippen molar-refractivity contribution in [1.29, 1.82) is 0 Å². The van der Waals surface area contributed by atoms with Crippen LogP contribution in [0.1, 0.15) is 90.4 Å². The van der Waals surface area contributed by atoms with Crippen LogP contribution in [0, 0.1) is 0 Å². The molecule has 5 nitrogen and oxygen atoms in total. The second-order valence-corrected chi connectivity index (χ2v) is 9.62. The molecule has 178 valence electrons. The molecule has 0 aromatic heterocycles. The Morgan fingerprint density at radius 2 is 1.33 bits per heavy atom. The van der Waals surface area contributed by atoms with Crippen molar-refractivity contribution in [1.82, 2.24) is 20.0 Å². The third kappa shape index (κ3) is 14.4. The number of carbonyl (C=O) groups excluding carboxylic acids is 1. The summed E-state index contributed by atoms with van der Waals surface area (Å²) < 4.78 is 0. The first-order chi connectivity index (χ1) is 14.5. The first-order valence-electron chi connectivity index (χ1n) is 12.9. The normalized spacial score (nSPS) is 23.2. The van der Waals surface area contributed by atoms with Crippen LogP contribution >= 0.6 is 0 Å². The second kappa shape index (κ2) is 18.0. The summed E-state index contributed by atoms with van der Waals surface area (Å²) in [4.78, 5) is 19.9. The lowest BCUT2D eigenvalue weighted by molar-refractivity contribution is -0.122. The molecule has 0 unspecified atom stereocenters. The van der Waals surface area contributed by atoms with E-state index < -0.39 is 0 Å². The fourth-order valence-electron chi connectivity index (χ4n) is 4.44. The second-order valence-electron chi connectivity index (χ2n) is 9.62. The van der Waals surface area contributed by atoms with Crippen LogP contribution in [-0.2, 0) is 4.79 Å². The molecular weight excluding hydrogens is 372 g/mol. The van der Waals surface area contributed by atoms with Crippen molar-refractivity contribution in [3.05, 3.63) is 0 Å². The van der Waals surface area contributed by atoms with Crippen LogP contribution in [0.4, 0.5) is 0 Å². The number of hydrogen-bond acceptors (Lipinski definition) is 4. The molecule has 1 saturated heterocycles. The van der Waals surface area contributed by atoms with E-state index in [1.807, 2.05) is 0 Å². The highest BCUT2D eigenvalue weighted by Crippen LogP contribution is 2.15. The van der Waals surface area contributed by atoms with Gasteiger partial charge in [0.25, 0.3) is 0 Å². The van der Waals surface area contributed by atoms with Crippen molar-refractivity contribution in [2.75, 3.05) is 60.4 Å². The molecule has 1 rings (SSSR count). The summed E-state index contributed by atoms with van der Waals surface area (Å²) in [6.07, 6.45) is 15.9. The number of hydrogen-bond donors (Lipinski definition) is 1. The van der Waals surface area contributed by atoms with Gasteiger partial charge in [0, 0.05) is 19.0 Å². The Morgan fingerprint density at radius 3 is 2.00 bits per heavy atom. The van der Waals surface area contributed by atoms with Gasteiger partial charge >= 0.3 is 0 Å². The highest BCUT2D eigenvalue weighted by atomic mass is 16.1. The molecule has 0 aliphatic carbocycles. The monoisotopic (exact) mass is 424 g/mol. The van der Waals surface area contributed by atoms with Gasteiger partial charge in [0.2, 0.25) is 5.91 Å². The molecule has 1 atom stereocenters. The van der Waals surface area contributed by atoms with Crippen molar-refractivity contribution < 1.29 is 4.79 Å².